The van der Waals surface area contributed by atoms with Gasteiger partial charge >= 0.3 is 12.0 Å². The number of benzene rings is 3. The Hall–Kier alpha value is -4.39. The minimum atomic E-state index is -0.695. The number of methoxy groups -OCH3 is 1. The molecule has 0 aromatic heterocycles. The van der Waals surface area contributed by atoms with Crippen LogP contribution in [-0.4, -0.2) is 36.5 Å². The lowest BCUT2D eigenvalue weighted by Crippen LogP contribution is -2.48. The van der Waals surface area contributed by atoms with E-state index < -0.39 is 12.0 Å². The number of carbonyl (C=O) groups excluding carboxylic acids is 3. The van der Waals surface area contributed by atoms with E-state index in [2.05, 4.69) is 10.6 Å². The van der Waals surface area contributed by atoms with Gasteiger partial charge in [-0.25, -0.2) is 9.59 Å². The van der Waals surface area contributed by atoms with Crippen LogP contribution in [0.1, 0.15) is 48.7 Å². The van der Waals surface area contributed by atoms with Gasteiger partial charge in [-0.1, -0.05) is 67.9 Å². The van der Waals surface area contributed by atoms with Crippen LogP contribution in [0.25, 0.3) is 11.1 Å². The maximum Gasteiger partial charge on any atom is 0.337 e. The first kappa shape index (κ1) is 25.7. The average molecular weight is 498 g/mol. The van der Waals surface area contributed by atoms with Crippen molar-refractivity contribution >= 4 is 23.6 Å². The molecule has 3 aromatic rings. The van der Waals surface area contributed by atoms with Gasteiger partial charge in [-0.15, -0.1) is 0 Å². The fourth-order valence-electron chi connectivity index (χ4n) is 4.44. The maximum atomic E-state index is 12.9. The monoisotopic (exact) mass is 497 g/mol. The van der Waals surface area contributed by atoms with Crippen molar-refractivity contribution < 1.29 is 19.1 Å². The van der Waals surface area contributed by atoms with Gasteiger partial charge in [-0.3, -0.25) is 9.69 Å². The van der Waals surface area contributed by atoms with Gasteiger partial charge in [-0.2, -0.15) is 0 Å². The van der Waals surface area contributed by atoms with Crippen LogP contribution in [0.4, 0.5) is 10.5 Å². The Morgan fingerprint density at radius 3 is 2.35 bits per heavy atom. The molecule has 1 atom stereocenters. The van der Waals surface area contributed by atoms with Gasteiger partial charge in [-0.05, 0) is 54.3 Å². The Kier molecular flexibility index (Phi) is 8.03. The lowest BCUT2D eigenvalue weighted by atomic mass is 9.94. The largest absolute Gasteiger partial charge is 0.466 e. The molecule has 0 fully saturated rings. The molecule has 37 heavy (non-hydrogen) atoms. The zero-order valence-corrected chi connectivity index (χ0v) is 21.3. The molecule has 0 radical (unpaired) electrons. The van der Waals surface area contributed by atoms with Gasteiger partial charge in [0.15, 0.2) is 0 Å². The van der Waals surface area contributed by atoms with Crippen LogP contribution in [0.2, 0.25) is 0 Å². The highest BCUT2D eigenvalue weighted by Gasteiger charge is 2.36. The molecule has 0 aliphatic carbocycles. The predicted molar refractivity (Wildman–Crippen MR) is 144 cm³/mol. The summed E-state index contributed by atoms with van der Waals surface area (Å²) in [5.74, 6) is -0.757. The van der Waals surface area contributed by atoms with Gasteiger partial charge in [0.05, 0.1) is 18.7 Å². The van der Waals surface area contributed by atoms with Crippen molar-refractivity contribution in [1.29, 1.82) is 0 Å². The van der Waals surface area contributed by atoms with Crippen LogP contribution in [0, 0.1) is 0 Å². The third-order valence-electron chi connectivity index (χ3n) is 6.47. The molecule has 1 aliphatic rings. The van der Waals surface area contributed by atoms with Crippen LogP contribution in [0.3, 0.4) is 0 Å². The number of esters is 1. The molecule has 0 saturated heterocycles. The summed E-state index contributed by atoms with van der Waals surface area (Å²) in [6, 6.07) is 23.5. The second kappa shape index (κ2) is 11.6. The molecule has 1 heterocycles. The summed E-state index contributed by atoms with van der Waals surface area (Å²) in [6.07, 6.45) is 1.74. The van der Waals surface area contributed by atoms with Crippen molar-refractivity contribution in [2.24, 2.45) is 0 Å². The van der Waals surface area contributed by atoms with Crippen LogP contribution in [0.5, 0.6) is 0 Å². The molecule has 2 N–H and O–H groups in total. The number of carbonyl (C=O) groups is 3. The first-order chi connectivity index (χ1) is 17.9. The van der Waals surface area contributed by atoms with E-state index in [4.69, 9.17) is 4.74 Å². The average Bonchev–Trinajstić information content (AvgIpc) is 2.93. The van der Waals surface area contributed by atoms with E-state index in [0.29, 0.717) is 34.6 Å². The molecule has 7 nitrogen and oxygen atoms in total. The van der Waals surface area contributed by atoms with Crippen LogP contribution >= 0.6 is 0 Å². The molecule has 4 rings (SSSR count). The summed E-state index contributed by atoms with van der Waals surface area (Å²) in [6.45, 7) is 4.32. The number of hydrogen-bond donors (Lipinski definition) is 2. The molecular formula is C30H31N3O4. The molecule has 190 valence electrons. The lowest BCUT2D eigenvalue weighted by molar-refractivity contribution is -0.136. The fraction of sp³-hybridized carbons (Fsp3) is 0.233. The van der Waals surface area contributed by atoms with Gasteiger partial charge < -0.3 is 15.4 Å². The SMILES string of the molecule is CCCCN1C(=O)NC(c2cccc(NC(=O)c3ccc(-c4ccccc4)cc3)c2)C(C(=O)OC)=C1C. The van der Waals surface area contributed by atoms with E-state index in [-0.39, 0.29) is 11.9 Å². The Labute approximate surface area is 217 Å². The number of nitrogens with zero attached hydrogens (tertiary/aromatic N) is 1. The smallest absolute Gasteiger partial charge is 0.337 e. The number of unbranched alkanes of at least 4 members (excludes halogenated alkanes) is 1. The minimum Gasteiger partial charge on any atom is -0.466 e. The molecule has 3 aromatic carbocycles. The van der Waals surface area contributed by atoms with Crippen molar-refractivity contribution in [2.75, 3.05) is 19.0 Å². The number of hydrogen-bond acceptors (Lipinski definition) is 4. The highest BCUT2D eigenvalue weighted by molar-refractivity contribution is 6.04. The molecule has 3 amide bonds. The summed E-state index contributed by atoms with van der Waals surface area (Å²) < 4.78 is 5.05. The second-order valence-corrected chi connectivity index (χ2v) is 8.90. The number of rotatable bonds is 8. The molecule has 7 heteroatoms. The number of urea groups is 1. The molecule has 1 aliphatic heterocycles. The Bertz CT molecular complexity index is 1320. The van der Waals surface area contributed by atoms with Gasteiger partial charge in [0.25, 0.3) is 5.91 Å². The van der Waals surface area contributed by atoms with Gasteiger partial charge in [0.2, 0.25) is 0 Å². The third kappa shape index (κ3) is 5.72. The van der Waals surface area contributed by atoms with Gasteiger partial charge in [0, 0.05) is 23.5 Å². The molecule has 0 spiro atoms. The summed E-state index contributed by atoms with van der Waals surface area (Å²) in [5.41, 5.74) is 4.79. The summed E-state index contributed by atoms with van der Waals surface area (Å²) in [7, 11) is 1.33. The van der Waals surface area contributed by atoms with Crippen molar-refractivity contribution in [2.45, 2.75) is 32.7 Å². The lowest BCUT2D eigenvalue weighted by Gasteiger charge is -2.35. The molecule has 1 unspecified atom stereocenters. The predicted octanol–water partition coefficient (Wildman–Crippen LogP) is 5.92. The summed E-state index contributed by atoms with van der Waals surface area (Å²) in [5, 5.41) is 5.86. The number of nitrogens with one attached hydrogen (secondary N) is 2. The zero-order chi connectivity index (χ0) is 26.4. The Morgan fingerprint density at radius 2 is 1.68 bits per heavy atom. The molecular weight excluding hydrogens is 466 g/mol. The zero-order valence-electron chi connectivity index (χ0n) is 21.3. The normalized spacial score (nSPS) is 15.3. The van der Waals surface area contributed by atoms with E-state index in [0.717, 1.165) is 24.0 Å². The number of ether oxygens (including phenoxy) is 1. The first-order valence-corrected chi connectivity index (χ1v) is 12.4. The Balaban J connectivity index is 1.56. The van der Waals surface area contributed by atoms with E-state index in [1.165, 1.54) is 7.11 Å². The van der Waals surface area contributed by atoms with E-state index in [1.807, 2.05) is 55.5 Å². The topological polar surface area (TPSA) is 87.7 Å². The van der Waals surface area contributed by atoms with Crippen molar-refractivity contribution in [3.63, 3.8) is 0 Å². The van der Waals surface area contributed by atoms with Crippen LogP contribution in [0.15, 0.2) is 90.1 Å². The van der Waals surface area contributed by atoms with E-state index >= 15 is 0 Å². The fourth-order valence-corrected chi connectivity index (χ4v) is 4.44. The van der Waals surface area contributed by atoms with E-state index in [9.17, 15) is 14.4 Å². The van der Waals surface area contributed by atoms with Crippen molar-refractivity contribution in [3.05, 3.63) is 101 Å². The minimum absolute atomic E-state index is 0.255. The van der Waals surface area contributed by atoms with Crippen molar-refractivity contribution in [1.82, 2.24) is 10.2 Å². The second-order valence-electron chi connectivity index (χ2n) is 8.90. The first-order valence-electron chi connectivity index (χ1n) is 12.4. The number of amides is 3. The molecule has 0 bridgehead atoms. The highest BCUT2D eigenvalue weighted by Crippen LogP contribution is 2.32. The Morgan fingerprint density at radius 1 is 0.973 bits per heavy atom. The quantitative estimate of drug-likeness (QED) is 0.378. The highest BCUT2D eigenvalue weighted by atomic mass is 16.5. The number of anilines is 1. The standard InChI is InChI=1S/C30H31N3O4/c1-4-5-18-33-20(2)26(29(35)37-3)27(32-30(33)36)24-12-9-13-25(19-24)31-28(34)23-16-14-22(15-17-23)21-10-7-6-8-11-21/h6-17,19,27H,4-5,18H2,1-3H3,(H,31,34)(H,32,36). The van der Waals surface area contributed by atoms with Crippen LogP contribution < -0.4 is 10.6 Å². The number of allylic oxidation sites excluding steroid dienone is 1. The van der Waals surface area contributed by atoms with Crippen LogP contribution in [-0.2, 0) is 9.53 Å². The summed E-state index contributed by atoms with van der Waals surface area (Å²) >= 11 is 0. The maximum absolute atomic E-state index is 12.9. The molecule has 0 saturated carbocycles. The summed E-state index contributed by atoms with van der Waals surface area (Å²) in [4.78, 5) is 40.1. The van der Waals surface area contributed by atoms with Gasteiger partial charge in [0.1, 0.15) is 0 Å². The third-order valence-corrected chi connectivity index (χ3v) is 6.47. The van der Waals surface area contributed by atoms with E-state index in [1.54, 1.807) is 42.2 Å². The van der Waals surface area contributed by atoms with Crippen molar-refractivity contribution in [3.8, 4) is 11.1 Å².